The molecule has 1 N–H and O–H groups in total. The van der Waals surface area contributed by atoms with Crippen LogP contribution in [0.15, 0.2) is 30.3 Å². The van der Waals surface area contributed by atoms with Gasteiger partial charge >= 0.3 is 0 Å². The number of hydrogen-bond acceptors (Lipinski definition) is 3. The molecule has 1 aromatic rings. The normalized spacial score (nSPS) is 17.7. The van der Waals surface area contributed by atoms with Gasteiger partial charge in [0, 0.05) is 24.9 Å². The molecule has 3 nitrogen and oxygen atoms in total. The van der Waals surface area contributed by atoms with Gasteiger partial charge in [-0.15, -0.1) is 11.8 Å². The van der Waals surface area contributed by atoms with E-state index in [4.69, 9.17) is 0 Å². The molecule has 1 unspecified atom stereocenters. The van der Waals surface area contributed by atoms with E-state index in [1.54, 1.807) is 11.8 Å². The Labute approximate surface area is 138 Å². The number of thioether (sulfide) groups is 1. The van der Waals surface area contributed by atoms with Crippen molar-refractivity contribution < 1.29 is 4.79 Å². The predicted octanol–water partition coefficient (Wildman–Crippen LogP) is 3.15. The predicted molar refractivity (Wildman–Crippen MR) is 95.0 cm³/mol. The maximum atomic E-state index is 12.8. The Bertz CT molecular complexity index is 455. The van der Waals surface area contributed by atoms with E-state index in [9.17, 15) is 4.79 Å². The van der Waals surface area contributed by atoms with Gasteiger partial charge in [-0.2, -0.15) is 0 Å². The second-order valence-corrected chi connectivity index (χ2v) is 7.48. The molecular weight excluding hydrogens is 292 g/mol. The lowest BCUT2D eigenvalue weighted by Crippen LogP contribution is -2.47. The van der Waals surface area contributed by atoms with Gasteiger partial charge in [0.05, 0.1) is 5.25 Å². The van der Waals surface area contributed by atoms with Gasteiger partial charge in [-0.05, 0) is 31.4 Å². The van der Waals surface area contributed by atoms with Crippen LogP contribution in [0.5, 0.6) is 0 Å². The van der Waals surface area contributed by atoms with Crippen LogP contribution in [0.4, 0.5) is 0 Å². The molecule has 2 rings (SSSR count). The molecule has 0 spiro atoms. The summed E-state index contributed by atoms with van der Waals surface area (Å²) in [7, 11) is 2.01. The van der Waals surface area contributed by atoms with Crippen molar-refractivity contribution >= 4 is 17.7 Å². The third kappa shape index (κ3) is 4.75. The summed E-state index contributed by atoms with van der Waals surface area (Å²) >= 11 is 1.78. The lowest BCUT2D eigenvalue weighted by atomic mass is 10.0. The molecule has 22 heavy (non-hydrogen) atoms. The van der Waals surface area contributed by atoms with E-state index in [1.165, 1.54) is 5.56 Å². The summed E-state index contributed by atoms with van der Waals surface area (Å²) in [5.74, 6) is 1.59. The molecule has 1 aromatic carbocycles. The van der Waals surface area contributed by atoms with Gasteiger partial charge in [-0.25, -0.2) is 0 Å². The molecule has 122 valence electrons. The smallest absolute Gasteiger partial charge is 0.235 e. The lowest BCUT2D eigenvalue weighted by Gasteiger charge is -2.35. The summed E-state index contributed by atoms with van der Waals surface area (Å²) < 4.78 is 0. The Morgan fingerprint density at radius 2 is 1.91 bits per heavy atom. The van der Waals surface area contributed by atoms with E-state index in [1.807, 2.05) is 13.1 Å². The van der Waals surface area contributed by atoms with Crippen LogP contribution in [0.25, 0.3) is 0 Å². The Kier molecular flexibility index (Phi) is 6.77. The number of carbonyl (C=O) groups is 1. The van der Waals surface area contributed by atoms with Crippen LogP contribution < -0.4 is 5.32 Å². The molecule has 4 heteroatoms. The number of nitrogens with one attached hydrogen (secondary N) is 1. The van der Waals surface area contributed by atoms with E-state index in [0.717, 1.165) is 31.7 Å². The SMILES string of the molecule is CNC1CCN(C(=O)C(SCc2ccccc2)C(C)C)CC1. The van der Waals surface area contributed by atoms with Gasteiger partial charge in [0.15, 0.2) is 0 Å². The van der Waals surface area contributed by atoms with E-state index < -0.39 is 0 Å². The fourth-order valence-electron chi connectivity index (χ4n) is 2.88. The zero-order valence-corrected chi connectivity index (χ0v) is 14.7. The van der Waals surface area contributed by atoms with Crippen LogP contribution >= 0.6 is 11.8 Å². The van der Waals surface area contributed by atoms with Crippen molar-refractivity contribution in [2.45, 2.75) is 43.7 Å². The fourth-order valence-corrected chi connectivity index (χ4v) is 4.12. The minimum absolute atomic E-state index is 0.0614. The average molecular weight is 321 g/mol. The number of nitrogens with zero attached hydrogens (tertiary/aromatic N) is 1. The van der Waals surface area contributed by atoms with Crippen LogP contribution in [-0.2, 0) is 10.5 Å². The molecule has 1 aliphatic heterocycles. The molecule has 1 heterocycles. The first kappa shape index (κ1) is 17.4. The van der Waals surface area contributed by atoms with E-state index in [2.05, 4.69) is 48.3 Å². The van der Waals surface area contributed by atoms with Gasteiger partial charge in [-0.3, -0.25) is 4.79 Å². The topological polar surface area (TPSA) is 32.3 Å². The quantitative estimate of drug-likeness (QED) is 0.874. The Hall–Kier alpha value is -1.00. The van der Waals surface area contributed by atoms with Crippen molar-refractivity contribution in [2.24, 2.45) is 5.92 Å². The van der Waals surface area contributed by atoms with Crippen molar-refractivity contribution in [1.29, 1.82) is 0 Å². The molecule has 1 atom stereocenters. The second kappa shape index (κ2) is 8.59. The molecule has 0 saturated carbocycles. The van der Waals surface area contributed by atoms with Gasteiger partial charge in [0.25, 0.3) is 0 Å². The van der Waals surface area contributed by atoms with Crippen LogP contribution in [0.2, 0.25) is 0 Å². The summed E-state index contributed by atoms with van der Waals surface area (Å²) in [5, 5.41) is 3.38. The van der Waals surface area contributed by atoms with Gasteiger partial charge in [0.1, 0.15) is 0 Å². The summed E-state index contributed by atoms with van der Waals surface area (Å²) in [6, 6.07) is 11.0. The highest BCUT2D eigenvalue weighted by Gasteiger charge is 2.30. The van der Waals surface area contributed by atoms with Gasteiger partial charge in [0.2, 0.25) is 5.91 Å². The number of likely N-dealkylation sites (tertiary alicyclic amines) is 1. The second-order valence-electron chi connectivity index (χ2n) is 6.35. The third-order valence-corrected chi connectivity index (χ3v) is 5.94. The van der Waals surface area contributed by atoms with E-state index in [0.29, 0.717) is 17.9 Å². The molecule has 1 fully saturated rings. The monoisotopic (exact) mass is 320 g/mol. The summed E-state index contributed by atoms with van der Waals surface area (Å²) in [5.41, 5.74) is 1.29. The summed E-state index contributed by atoms with van der Waals surface area (Å²) in [4.78, 5) is 14.9. The molecule has 0 aliphatic carbocycles. The van der Waals surface area contributed by atoms with Crippen molar-refractivity contribution in [3.63, 3.8) is 0 Å². The zero-order valence-electron chi connectivity index (χ0n) is 13.9. The van der Waals surface area contributed by atoms with Crippen LogP contribution in [0.1, 0.15) is 32.3 Å². The maximum Gasteiger partial charge on any atom is 0.235 e. The Balaban J connectivity index is 1.91. The highest BCUT2D eigenvalue weighted by Crippen LogP contribution is 2.26. The highest BCUT2D eigenvalue weighted by atomic mass is 32.2. The maximum absolute atomic E-state index is 12.8. The number of rotatable bonds is 6. The van der Waals surface area contributed by atoms with Gasteiger partial charge < -0.3 is 10.2 Å². The summed E-state index contributed by atoms with van der Waals surface area (Å²) in [6.07, 6.45) is 2.13. The van der Waals surface area contributed by atoms with Gasteiger partial charge in [-0.1, -0.05) is 44.2 Å². The molecule has 0 radical (unpaired) electrons. The third-order valence-electron chi connectivity index (χ3n) is 4.34. The largest absolute Gasteiger partial charge is 0.342 e. The Morgan fingerprint density at radius 3 is 2.45 bits per heavy atom. The molecule has 1 saturated heterocycles. The van der Waals surface area contributed by atoms with Crippen LogP contribution in [0.3, 0.4) is 0 Å². The highest BCUT2D eigenvalue weighted by molar-refractivity contribution is 7.99. The van der Waals surface area contributed by atoms with Crippen molar-refractivity contribution in [3.05, 3.63) is 35.9 Å². The Morgan fingerprint density at radius 1 is 1.27 bits per heavy atom. The van der Waals surface area contributed by atoms with Crippen molar-refractivity contribution in [2.75, 3.05) is 20.1 Å². The fraction of sp³-hybridized carbons (Fsp3) is 0.611. The van der Waals surface area contributed by atoms with E-state index >= 15 is 0 Å². The molecule has 1 aliphatic rings. The van der Waals surface area contributed by atoms with Crippen LogP contribution in [-0.4, -0.2) is 42.2 Å². The lowest BCUT2D eigenvalue weighted by molar-refractivity contribution is -0.132. The van der Waals surface area contributed by atoms with Crippen LogP contribution in [0, 0.1) is 5.92 Å². The number of amides is 1. The molecule has 0 bridgehead atoms. The summed E-state index contributed by atoms with van der Waals surface area (Å²) in [6.45, 7) is 6.08. The zero-order chi connectivity index (χ0) is 15.9. The molecule has 1 amide bonds. The number of hydrogen-bond donors (Lipinski definition) is 1. The number of benzene rings is 1. The standard InChI is InChI=1S/C18H28N2OS/c1-14(2)17(22-13-15-7-5-4-6-8-15)18(21)20-11-9-16(19-3)10-12-20/h4-8,14,16-17,19H,9-13H2,1-3H3. The first-order valence-corrected chi connectivity index (χ1v) is 9.28. The minimum atomic E-state index is 0.0614. The number of carbonyl (C=O) groups excluding carboxylic acids is 1. The average Bonchev–Trinajstić information content (AvgIpc) is 2.55. The number of piperidine rings is 1. The first-order chi connectivity index (χ1) is 10.6. The molecule has 0 aromatic heterocycles. The van der Waals surface area contributed by atoms with Crippen molar-refractivity contribution in [3.8, 4) is 0 Å². The van der Waals surface area contributed by atoms with Crippen molar-refractivity contribution in [1.82, 2.24) is 10.2 Å². The first-order valence-electron chi connectivity index (χ1n) is 8.23. The minimum Gasteiger partial charge on any atom is -0.342 e. The molecular formula is C18H28N2OS. The van der Waals surface area contributed by atoms with E-state index in [-0.39, 0.29) is 5.25 Å².